The first-order valence-electron chi connectivity index (χ1n) is 6.18. The van der Waals surface area contributed by atoms with E-state index < -0.39 is 12.6 Å². The number of nitriles is 1. The van der Waals surface area contributed by atoms with E-state index in [1.54, 1.807) is 45.2 Å². The minimum atomic E-state index is -3.39. The second-order valence-electron chi connectivity index (χ2n) is 3.71. The van der Waals surface area contributed by atoms with Gasteiger partial charge in [0.05, 0.1) is 20.3 Å². The lowest BCUT2D eigenvalue weighted by Crippen LogP contribution is -2.04. The molecule has 7 heteroatoms. The number of rotatable bonds is 8. The van der Waals surface area contributed by atoms with Crippen LogP contribution >= 0.6 is 19.4 Å². The fourth-order valence-electron chi connectivity index (χ4n) is 1.67. The minimum Gasteiger partial charge on any atom is -0.497 e. The molecular formula is C13H18NO4PS. The average Bonchev–Trinajstić information content (AvgIpc) is 2.45. The SMILES string of the molecule is CCOP(=O)(OCC)C(SC#N)c1ccc(OC)cc1. The molecule has 0 N–H and O–H groups in total. The summed E-state index contributed by atoms with van der Waals surface area (Å²) < 4.78 is 28.5. The lowest BCUT2D eigenvalue weighted by Gasteiger charge is -2.24. The Bertz CT molecular complexity index is 490. The number of benzene rings is 1. The van der Waals surface area contributed by atoms with Gasteiger partial charge in [0, 0.05) is 0 Å². The summed E-state index contributed by atoms with van der Waals surface area (Å²) in [4.78, 5) is -0.668. The highest BCUT2D eigenvalue weighted by Gasteiger charge is 2.37. The van der Waals surface area contributed by atoms with Crippen LogP contribution in [0.5, 0.6) is 5.75 Å². The summed E-state index contributed by atoms with van der Waals surface area (Å²) in [5.41, 5.74) is 0.711. The maximum atomic E-state index is 12.8. The van der Waals surface area contributed by atoms with Gasteiger partial charge < -0.3 is 13.8 Å². The molecule has 0 radical (unpaired) electrons. The molecule has 0 spiro atoms. The average molecular weight is 315 g/mol. The summed E-state index contributed by atoms with van der Waals surface area (Å²) in [6, 6.07) is 7.03. The van der Waals surface area contributed by atoms with Crippen molar-refractivity contribution in [2.45, 2.75) is 18.8 Å². The number of hydrogen-bond acceptors (Lipinski definition) is 6. The van der Waals surface area contributed by atoms with E-state index in [1.807, 2.05) is 5.40 Å². The van der Waals surface area contributed by atoms with Gasteiger partial charge in [-0.1, -0.05) is 12.1 Å². The van der Waals surface area contributed by atoms with Crippen LogP contribution in [-0.4, -0.2) is 20.3 Å². The number of thioether (sulfide) groups is 1. The van der Waals surface area contributed by atoms with Gasteiger partial charge in [-0.15, -0.1) is 0 Å². The second kappa shape index (κ2) is 8.33. The quantitative estimate of drug-likeness (QED) is 0.529. The lowest BCUT2D eigenvalue weighted by atomic mass is 10.2. The number of ether oxygens (including phenoxy) is 1. The topological polar surface area (TPSA) is 68.5 Å². The van der Waals surface area contributed by atoms with E-state index in [2.05, 4.69) is 0 Å². The molecule has 0 saturated heterocycles. The van der Waals surface area contributed by atoms with Gasteiger partial charge in [-0.3, -0.25) is 4.57 Å². The molecule has 0 heterocycles. The Labute approximate surface area is 123 Å². The zero-order chi connectivity index (χ0) is 15.0. The molecular weight excluding hydrogens is 297 g/mol. The standard InChI is InChI=1S/C13H18NO4PS/c1-4-17-19(15,18-5-2)13(20-10-14)11-6-8-12(16-3)9-7-11/h6-9,13H,4-5H2,1-3H3. The Morgan fingerprint density at radius 1 is 1.25 bits per heavy atom. The van der Waals surface area contributed by atoms with Crippen LogP contribution in [0.2, 0.25) is 0 Å². The van der Waals surface area contributed by atoms with Crippen LogP contribution in [-0.2, 0) is 13.6 Å². The Kier molecular flexibility index (Phi) is 7.11. The van der Waals surface area contributed by atoms with Gasteiger partial charge in [0.1, 0.15) is 16.1 Å². The first-order valence-corrected chi connectivity index (χ1v) is 8.67. The molecule has 1 rings (SSSR count). The summed E-state index contributed by atoms with van der Waals surface area (Å²) in [7, 11) is -1.82. The third kappa shape index (κ3) is 4.26. The number of thiocyanates is 1. The summed E-state index contributed by atoms with van der Waals surface area (Å²) in [5, 5.41) is 10.9. The molecule has 1 atom stereocenters. The molecule has 1 aromatic rings. The van der Waals surface area contributed by atoms with E-state index in [1.165, 1.54) is 0 Å². The largest absolute Gasteiger partial charge is 0.497 e. The van der Waals surface area contributed by atoms with Gasteiger partial charge in [0.15, 0.2) is 0 Å². The Morgan fingerprint density at radius 3 is 2.20 bits per heavy atom. The van der Waals surface area contributed by atoms with Crippen molar-refractivity contribution in [1.82, 2.24) is 0 Å². The monoisotopic (exact) mass is 315 g/mol. The Morgan fingerprint density at radius 2 is 1.80 bits per heavy atom. The van der Waals surface area contributed by atoms with Crippen molar-refractivity contribution >= 4 is 19.4 Å². The van der Waals surface area contributed by atoms with Crippen molar-refractivity contribution in [2.75, 3.05) is 20.3 Å². The van der Waals surface area contributed by atoms with Gasteiger partial charge in [-0.2, -0.15) is 5.26 Å². The van der Waals surface area contributed by atoms with Gasteiger partial charge in [0.2, 0.25) is 0 Å². The molecule has 0 aliphatic heterocycles. The molecule has 0 fully saturated rings. The number of hydrogen-bond donors (Lipinski definition) is 0. The van der Waals surface area contributed by atoms with E-state index in [0.717, 1.165) is 11.8 Å². The molecule has 0 aliphatic carbocycles. The minimum absolute atomic E-state index is 0.260. The molecule has 0 aliphatic rings. The van der Waals surface area contributed by atoms with Crippen LogP contribution in [0.1, 0.15) is 24.4 Å². The third-order valence-electron chi connectivity index (χ3n) is 2.47. The van der Waals surface area contributed by atoms with Crippen molar-refractivity contribution in [1.29, 1.82) is 5.26 Å². The second-order valence-corrected chi connectivity index (χ2v) is 7.06. The summed E-state index contributed by atoms with van der Waals surface area (Å²) >= 11 is 0.881. The summed E-state index contributed by atoms with van der Waals surface area (Å²) in [6.45, 7) is 4.01. The molecule has 0 bridgehead atoms. The van der Waals surface area contributed by atoms with Crippen molar-refractivity contribution in [3.63, 3.8) is 0 Å². The highest BCUT2D eigenvalue weighted by molar-refractivity contribution is 8.08. The molecule has 0 aromatic heterocycles. The maximum Gasteiger partial charge on any atom is 0.349 e. The summed E-state index contributed by atoms with van der Waals surface area (Å²) in [5.74, 6) is 0.692. The first-order chi connectivity index (χ1) is 9.61. The molecule has 20 heavy (non-hydrogen) atoms. The smallest absolute Gasteiger partial charge is 0.349 e. The highest BCUT2D eigenvalue weighted by Crippen LogP contribution is 2.65. The molecule has 0 saturated carbocycles. The van der Waals surface area contributed by atoms with E-state index >= 15 is 0 Å². The van der Waals surface area contributed by atoms with E-state index in [4.69, 9.17) is 19.0 Å². The van der Waals surface area contributed by atoms with Crippen molar-refractivity contribution in [2.24, 2.45) is 0 Å². The van der Waals surface area contributed by atoms with Crippen LogP contribution in [0.3, 0.4) is 0 Å². The number of nitrogens with zero attached hydrogens (tertiary/aromatic N) is 1. The lowest BCUT2D eigenvalue weighted by molar-refractivity contribution is 0.218. The fraction of sp³-hybridized carbons (Fsp3) is 0.462. The van der Waals surface area contributed by atoms with Crippen molar-refractivity contribution in [3.8, 4) is 11.2 Å². The Balaban J connectivity index is 3.13. The maximum absolute atomic E-state index is 12.8. The van der Waals surface area contributed by atoms with E-state index in [0.29, 0.717) is 11.3 Å². The Hall–Kier alpha value is -0.990. The third-order valence-corrected chi connectivity index (χ3v) is 6.27. The van der Waals surface area contributed by atoms with Crippen LogP contribution in [0.25, 0.3) is 0 Å². The van der Waals surface area contributed by atoms with Gasteiger partial charge in [-0.05, 0) is 43.3 Å². The summed E-state index contributed by atoms with van der Waals surface area (Å²) in [6.07, 6.45) is 0. The predicted molar refractivity (Wildman–Crippen MR) is 79.8 cm³/mol. The first kappa shape index (κ1) is 17.1. The van der Waals surface area contributed by atoms with Crippen LogP contribution in [0.4, 0.5) is 0 Å². The molecule has 5 nitrogen and oxygen atoms in total. The van der Waals surface area contributed by atoms with Gasteiger partial charge in [0.25, 0.3) is 0 Å². The fourth-order valence-corrected chi connectivity index (χ4v) is 4.68. The van der Waals surface area contributed by atoms with E-state index in [9.17, 15) is 4.57 Å². The molecule has 110 valence electrons. The zero-order valence-corrected chi connectivity index (χ0v) is 13.4. The number of methoxy groups -OCH3 is 1. The van der Waals surface area contributed by atoms with Crippen molar-refractivity contribution in [3.05, 3.63) is 29.8 Å². The highest BCUT2D eigenvalue weighted by atomic mass is 32.2. The molecule has 0 amide bonds. The van der Waals surface area contributed by atoms with Gasteiger partial charge in [-0.25, -0.2) is 0 Å². The van der Waals surface area contributed by atoms with Crippen LogP contribution < -0.4 is 4.74 Å². The molecule has 1 aromatic carbocycles. The normalized spacial score (nSPS) is 12.7. The van der Waals surface area contributed by atoms with Crippen LogP contribution in [0.15, 0.2) is 24.3 Å². The zero-order valence-electron chi connectivity index (χ0n) is 11.7. The van der Waals surface area contributed by atoms with E-state index in [-0.39, 0.29) is 13.2 Å². The van der Waals surface area contributed by atoms with Crippen LogP contribution in [0, 0.1) is 10.7 Å². The van der Waals surface area contributed by atoms with Gasteiger partial charge >= 0.3 is 7.60 Å². The molecule has 1 unspecified atom stereocenters. The van der Waals surface area contributed by atoms with Crippen molar-refractivity contribution < 1.29 is 18.3 Å². The predicted octanol–water partition coefficient (Wildman–Crippen LogP) is 4.17.